The lowest BCUT2D eigenvalue weighted by Crippen LogP contribution is -2.01. The number of ether oxygens (including phenoxy) is 1. The van der Waals surface area contributed by atoms with Crippen LogP contribution in [0.1, 0.15) is 23.0 Å². The SMILES string of the molecule is CCOc1ccc(/C=C/C(=O)c2nn(C)cc2[N+](=O)[O-])cc1. The molecular formula is C15H15N3O4. The Kier molecular flexibility index (Phi) is 4.67. The van der Waals surface area contributed by atoms with Crippen molar-refractivity contribution in [2.75, 3.05) is 6.61 Å². The molecule has 0 aliphatic rings. The van der Waals surface area contributed by atoms with Crippen LogP contribution in [-0.2, 0) is 7.05 Å². The molecular weight excluding hydrogens is 286 g/mol. The van der Waals surface area contributed by atoms with Gasteiger partial charge in [-0.1, -0.05) is 18.2 Å². The first kappa shape index (κ1) is 15.4. The predicted molar refractivity (Wildman–Crippen MR) is 80.8 cm³/mol. The third kappa shape index (κ3) is 3.57. The molecule has 0 spiro atoms. The molecule has 7 nitrogen and oxygen atoms in total. The van der Waals surface area contributed by atoms with Gasteiger partial charge in [0, 0.05) is 7.05 Å². The summed E-state index contributed by atoms with van der Waals surface area (Å²) in [5, 5.41) is 14.7. The standard InChI is InChI=1S/C15H15N3O4/c1-3-22-12-7-4-11(5-8-12)6-9-14(19)15-13(18(20)21)10-17(2)16-15/h4-10H,3H2,1-2H3/b9-6+. The summed E-state index contributed by atoms with van der Waals surface area (Å²) in [6.45, 7) is 2.48. The minimum absolute atomic E-state index is 0.172. The number of carbonyl (C=O) groups excluding carboxylic acids is 1. The second kappa shape index (κ2) is 6.66. The Morgan fingerprint density at radius 2 is 2.09 bits per heavy atom. The first-order chi connectivity index (χ1) is 10.5. The normalized spacial score (nSPS) is 10.8. The van der Waals surface area contributed by atoms with E-state index in [1.54, 1.807) is 30.3 Å². The number of rotatable bonds is 6. The molecule has 0 atom stereocenters. The molecule has 0 saturated heterocycles. The van der Waals surface area contributed by atoms with E-state index in [-0.39, 0.29) is 11.4 Å². The third-order valence-electron chi connectivity index (χ3n) is 2.86. The van der Waals surface area contributed by atoms with E-state index < -0.39 is 10.7 Å². The Balaban J connectivity index is 2.16. The number of benzene rings is 1. The molecule has 1 aromatic carbocycles. The molecule has 0 aliphatic heterocycles. The van der Waals surface area contributed by atoms with Crippen molar-refractivity contribution in [3.05, 3.63) is 57.9 Å². The molecule has 0 radical (unpaired) electrons. The molecule has 114 valence electrons. The number of aromatic nitrogens is 2. The topological polar surface area (TPSA) is 87.3 Å². The van der Waals surface area contributed by atoms with Gasteiger partial charge in [0.25, 0.3) is 0 Å². The van der Waals surface area contributed by atoms with Crippen LogP contribution in [0.15, 0.2) is 36.5 Å². The van der Waals surface area contributed by atoms with Crippen molar-refractivity contribution < 1.29 is 14.5 Å². The van der Waals surface area contributed by atoms with Gasteiger partial charge in [0.15, 0.2) is 0 Å². The summed E-state index contributed by atoms with van der Waals surface area (Å²) < 4.78 is 6.57. The number of ketones is 1. The monoisotopic (exact) mass is 301 g/mol. The Bertz CT molecular complexity index is 717. The minimum Gasteiger partial charge on any atom is -0.494 e. The van der Waals surface area contributed by atoms with Gasteiger partial charge in [-0.3, -0.25) is 19.6 Å². The lowest BCUT2D eigenvalue weighted by atomic mass is 10.1. The summed E-state index contributed by atoms with van der Waals surface area (Å²) in [5.41, 5.74) is 0.314. The van der Waals surface area contributed by atoms with E-state index in [0.29, 0.717) is 6.61 Å². The Morgan fingerprint density at radius 3 is 2.68 bits per heavy atom. The summed E-state index contributed by atoms with van der Waals surface area (Å²) in [7, 11) is 1.53. The van der Waals surface area contributed by atoms with Gasteiger partial charge in [-0.05, 0) is 30.7 Å². The second-order valence-corrected chi connectivity index (χ2v) is 4.49. The van der Waals surface area contributed by atoms with Crippen LogP contribution in [0, 0.1) is 10.1 Å². The zero-order chi connectivity index (χ0) is 16.1. The van der Waals surface area contributed by atoms with E-state index in [1.165, 1.54) is 24.0 Å². The fourth-order valence-electron chi connectivity index (χ4n) is 1.88. The van der Waals surface area contributed by atoms with Crippen LogP contribution in [-0.4, -0.2) is 27.1 Å². The van der Waals surface area contributed by atoms with Gasteiger partial charge in [0.1, 0.15) is 11.9 Å². The molecule has 1 heterocycles. The van der Waals surface area contributed by atoms with Crippen LogP contribution in [0.25, 0.3) is 6.08 Å². The number of hydrogen-bond donors (Lipinski definition) is 0. The minimum atomic E-state index is -0.620. The molecule has 0 bridgehead atoms. The van der Waals surface area contributed by atoms with E-state index in [2.05, 4.69) is 5.10 Å². The van der Waals surface area contributed by atoms with Crippen molar-refractivity contribution in [2.45, 2.75) is 6.92 Å². The molecule has 0 N–H and O–H groups in total. The molecule has 0 amide bonds. The fourth-order valence-corrected chi connectivity index (χ4v) is 1.88. The Labute approximate surface area is 127 Å². The van der Waals surface area contributed by atoms with Crippen LogP contribution in [0.3, 0.4) is 0 Å². The lowest BCUT2D eigenvalue weighted by molar-refractivity contribution is -0.385. The zero-order valence-corrected chi connectivity index (χ0v) is 12.2. The summed E-state index contributed by atoms with van der Waals surface area (Å²) in [4.78, 5) is 22.3. The van der Waals surface area contributed by atoms with Crippen molar-refractivity contribution in [2.24, 2.45) is 7.05 Å². The van der Waals surface area contributed by atoms with Crippen molar-refractivity contribution in [1.82, 2.24) is 9.78 Å². The number of aryl methyl sites for hydroxylation is 1. The van der Waals surface area contributed by atoms with Crippen LogP contribution in [0.4, 0.5) is 5.69 Å². The van der Waals surface area contributed by atoms with Crippen LogP contribution in [0.2, 0.25) is 0 Å². The van der Waals surface area contributed by atoms with E-state index in [1.807, 2.05) is 6.92 Å². The van der Waals surface area contributed by atoms with Gasteiger partial charge >= 0.3 is 5.69 Å². The maximum atomic E-state index is 12.0. The van der Waals surface area contributed by atoms with Crippen molar-refractivity contribution >= 4 is 17.5 Å². The number of hydrogen-bond acceptors (Lipinski definition) is 5. The zero-order valence-electron chi connectivity index (χ0n) is 12.2. The van der Waals surface area contributed by atoms with Gasteiger partial charge in [-0.15, -0.1) is 0 Å². The Morgan fingerprint density at radius 1 is 1.41 bits per heavy atom. The van der Waals surface area contributed by atoms with Gasteiger partial charge in [0.2, 0.25) is 11.5 Å². The highest BCUT2D eigenvalue weighted by Crippen LogP contribution is 2.18. The van der Waals surface area contributed by atoms with E-state index in [4.69, 9.17) is 4.74 Å². The van der Waals surface area contributed by atoms with Crippen molar-refractivity contribution in [3.8, 4) is 5.75 Å². The molecule has 1 aromatic heterocycles. The first-order valence-corrected chi connectivity index (χ1v) is 6.64. The first-order valence-electron chi connectivity index (χ1n) is 6.64. The highest BCUT2D eigenvalue weighted by molar-refractivity contribution is 6.07. The average Bonchev–Trinajstić information content (AvgIpc) is 2.89. The summed E-state index contributed by atoms with van der Waals surface area (Å²) >= 11 is 0. The second-order valence-electron chi connectivity index (χ2n) is 4.49. The molecule has 0 fully saturated rings. The van der Waals surface area contributed by atoms with Crippen LogP contribution in [0.5, 0.6) is 5.75 Å². The largest absolute Gasteiger partial charge is 0.494 e. The summed E-state index contributed by atoms with van der Waals surface area (Å²) in [6, 6.07) is 7.16. The summed E-state index contributed by atoms with van der Waals surface area (Å²) in [5.74, 6) is 0.229. The van der Waals surface area contributed by atoms with Crippen molar-refractivity contribution in [3.63, 3.8) is 0 Å². The summed E-state index contributed by atoms with van der Waals surface area (Å²) in [6.07, 6.45) is 4.05. The van der Waals surface area contributed by atoms with Gasteiger partial charge in [-0.2, -0.15) is 5.10 Å². The lowest BCUT2D eigenvalue weighted by Gasteiger charge is -2.02. The fraction of sp³-hybridized carbons (Fsp3) is 0.200. The highest BCUT2D eigenvalue weighted by atomic mass is 16.6. The van der Waals surface area contributed by atoms with E-state index in [0.717, 1.165) is 11.3 Å². The molecule has 2 rings (SSSR count). The van der Waals surface area contributed by atoms with Crippen LogP contribution >= 0.6 is 0 Å². The molecule has 0 saturated carbocycles. The van der Waals surface area contributed by atoms with E-state index >= 15 is 0 Å². The maximum absolute atomic E-state index is 12.0. The highest BCUT2D eigenvalue weighted by Gasteiger charge is 2.22. The van der Waals surface area contributed by atoms with Crippen LogP contribution < -0.4 is 4.74 Å². The number of nitro groups is 1. The smallest absolute Gasteiger partial charge is 0.318 e. The van der Waals surface area contributed by atoms with E-state index in [9.17, 15) is 14.9 Å². The quantitative estimate of drug-likeness (QED) is 0.354. The molecule has 0 unspecified atom stereocenters. The molecule has 22 heavy (non-hydrogen) atoms. The van der Waals surface area contributed by atoms with Gasteiger partial charge < -0.3 is 4.74 Å². The maximum Gasteiger partial charge on any atom is 0.318 e. The van der Waals surface area contributed by atoms with Gasteiger partial charge in [-0.25, -0.2) is 0 Å². The average molecular weight is 301 g/mol. The third-order valence-corrected chi connectivity index (χ3v) is 2.86. The molecule has 2 aromatic rings. The number of carbonyl (C=O) groups is 1. The van der Waals surface area contributed by atoms with Gasteiger partial charge in [0.05, 0.1) is 11.5 Å². The predicted octanol–water partition coefficient (Wildman–Crippen LogP) is 2.62. The van der Waals surface area contributed by atoms with Crippen molar-refractivity contribution in [1.29, 1.82) is 0 Å². The molecule has 0 aliphatic carbocycles. The number of nitrogens with zero attached hydrogens (tertiary/aromatic N) is 3. The number of allylic oxidation sites excluding steroid dienone is 1. The Hall–Kier alpha value is -2.96. The molecule has 7 heteroatoms.